The predicted octanol–water partition coefficient (Wildman–Crippen LogP) is 16.6. The van der Waals surface area contributed by atoms with Gasteiger partial charge in [-0.3, -0.25) is 0 Å². The molecule has 332 valence electrons. The first-order valence-corrected chi connectivity index (χ1v) is 25.6. The van der Waals surface area contributed by atoms with E-state index in [0.717, 1.165) is 38.5 Å². The second kappa shape index (κ2) is 14.5. The molecule has 2 heteroatoms. The van der Waals surface area contributed by atoms with E-state index in [1.54, 1.807) is 0 Å². The minimum absolute atomic E-state index is 0.0951. The number of para-hydroxylation sites is 2. The normalized spacial score (nSPS) is 25.5. The van der Waals surface area contributed by atoms with E-state index in [2.05, 4.69) is 216 Å². The molecule has 7 aliphatic carbocycles. The smallest absolute Gasteiger partial charge is 0.0548 e. The maximum Gasteiger partial charge on any atom is 0.0548 e. The molecule has 5 unspecified atom stereocenters. The molecular formula is C67H54N2. The zero-order valence-corrected chi connectivity index (χ0v) is 39.2. The highest BCUT2D eigenvalue weighted by Gasteiger charge is 2.69. The van der Waals surface area contributed by atoms with E-state index in [9.17, 15) is 0 Å². The van der Waals surface area contributed by atoms with Crippen LogP contribution in [0.5, 0.6) is 0 Å². The van der Waals surface area contributed by atoms with Gasteiger partial charge in [0.25, 0.3) is 0 Å². The van der Waals surface area contributed by atoms with Crippen molar-refractivity contribution in [2.75, 3.05) is 0 Å². The molecule has 2 heterocycles. The average molecular weight is 887 g/mol. The van der Waals surface area contributed by atoms with Crippen molar-refractivity contribution in [3.05, 3.63) is 251 Å². The van der Waals surface area contributed by atoms with Gasteiger partial charge < -0.3 is 9.13 Å². The molecule has 0 aliphatic heterocycles. The second-order valence-corrected chi connectivity index (χ2v) is 20.7. The van der Waals surface area contributed by atoms with Crippen LogP contribution in [-0.4, -0.2) is 9.13 Å². The molecule has 0 radical (unpaired) electrons. The van der Waals surface area contributed by atoms with Crippen LogP contribution >= 0.6 is 0 Å². The van der Waals surface area contributed by atoms with Crippen LogP contribution in [-0.2, 0) is 11.8 Å². The van der Waals surface area contributed by atoms with Gasteiger partial charge in [-0.15, -0.1) is 0 Å². The number of benzene rings is 6. The summed E-state index contributed by atoms with van der Waals surface area (Å²) in [5, 5.41) is 5.14. The summed E-state index contributed by atoms with van der Waals surface area (Å²) in [6, 6.07) is 51.1. The monoisotopic (exact) mass is 886 g/mol. The lowest BCUT2D eigenvalue weighted by atomic mass is 9.41. The van der Waals surface area contributed by atoms with Crippen LogP contribution in [0.15, 0.2) is 229 Å². The van der Waals surface area contributed by atoms with Crippen molar-refractivity contribution >= 4 is 55.0 Å². The molecule has 0 bridgehead atoms. The van der Waals surface area contributed by atoms with Gasteiger partial charge in [0.2, 0.25) is 0 Å². The van der Waals surface area contributed by atoms with Gasteiger partial charge in [0, 0.05) is 49.8 Å². The lowest BCUT2D eigenvalue weighted by Crippen LogP contribution is -2.56. The van der Waals surface area contributed by atoms with Gasteiger partial charge in [0.15, 0.2) is 0 Å². The van der Waals surface area contributed by atoms with E-state index >= 15 is 0 Å². The van der Waals surface area contributed by atoms with Gasteiger partial charge in [-0.25, -0.2) is 0 Å². The molecule has 2 fully saturated rings. The largest absolute Gasteiger partial charge is 0.310 e. The second-order valence-electron chi connectivity index (χ2n) is 20.7. The van der Waals surface area contributed by atoms with E-state index in [4.69, 9.17) is 6.58 Å². The van der Waals surface area contributed by atoms with Crippen LogP contribution in [0.4, 0.5) is 0 Å². The molecular weight excluding hydrogens is 833 g/mol. The molecule has 5 atom stereocenters. The van der Waals surface area contributed by atoms with E-state index in [1.807, 2.05) is 0 Å². The molecule has 0 N–H and O–H groups in total. The Bertz CT molecular complexity index is 3810. The first-order chi connectivity index (χ1) is 34.1. The van der Waals surface area contributed by atoms with Gasteiger partial charge in [-0.1, -0.05) is 177 Å². The van der Waals surface area contributed by atoms with Crippen LogP contribution in [0.25, 0.3) is 66.1 Å². The van der Waals surface area contributed by atoms with E-state index < -0.39 is 5.41 Å². The average Bonchev–Trinajstić information content (AvgIpc) is 4.09. The third-order valence-corrected chi connectivity index (χ3v) is 17.9. The maximum absolute atomic E-state index is 5.26. The molecule has 69 heavy (non-hydrogen) atoms. The zero-order valence-electron chi connectivity index (χ0n) is 39.2. The minimum Gasteiger partial charge on any atom is -0.310 e. The fourth-order valence-corrected chi connectivity index (χ4v) is 15.5. The summed E-state index contributed by atoms with van der Waals surface area (Å²) in [4.78, 5) is 0. The van der Waals surface area contributed by atoms with Crippen LogP contribution in [0, 0.1) is 29.1 Å². The molecule has 7 aliphatic rings. The quantitative estimate of drug-likeness (QED) is 0.156. The van der Waals surface area contributed by atoms with Gasteiger partial charge in [-0.05, 0) is 144 Å². The van der Waals surface area contributed by atoms with Crippen molar-refractivity contribution in [1.29, 1.82) is 0 Å². The van der Waals surface area contributed by atoms with Gasteiger partial charge in [-0.2, -0.15) is 0 Å². The van der Waals surface area contributed by atoms with Crippen molar-refractivity contribution in [3.63, 3.8) is 0 Å². The Kier molecular flexibility index (Phi) is 8.34. The number of hydrogen-bond donors (Lipinski definition) is 0. The van der Waals surface area contributed by atoms with Crippen molar-refractivity contribution in [3.8, 4) is 11.1 Å². The molecule has 2 nitrogen and oxygen atoms in total. The number of hydrogen-bond acceptors (Lipinski definition) is 0. The minimum atomic E-state index is -0.390. The van der Waals surface area contributed by atoms with Crippen molar-refractivity contribution in [2.45, 2.75) is 50.9 Å². The first kappa shape index (κ1) is 39.6. The number of fused-ring (bicyclic) bond motifs is 20. The lowest BCUT2D eigenvalue weighted by molar-refractivity contribution is 0.131. The molecule has 0 amide bonds. The number of rotatable bonds is 3. The Hall–Kier alpha value is -7.42. The summed E-state index contributed by atoms with van der Waals surface area (Å²) in [7, 11) is 0. The SMILES string of the molecule is C=C1/C(=C\C=C/C)C2CCC=CC2C12C1=CCCC=C1C1(c3ccccc3-c3ccccc31)C1C=C(n3c4ccccc4c4cc5c(cc43)c3ccccc3n5C3=CCCc4ccccc43)C=CC12. The number of aryl methyl sites for hydroxylation is 1. The summed E-state index contributed by atoms with van der Waals surface area (Å²) >= 11 is 0. The topological polar surface area (TPSA) is 9.86 Å². The van der Waals surface area contributed by atoms with Crippen molar-refractivity contribution in [1.82, 2.24) is 9.13 Å². The lowest BCUT2D eigenvalue weighted by Gasteiger charge is -2.60. The Balaban J connectivity index is 1.02. The number of aromatic nitrogens is 2. The Morgan fingerprint density at radius 3 is 1.96 bits per heavy atom. The van der Waals surface area contributed by atoms with E-state index in [-0.39, 0.29) is 17.3 Å². The highest BCUT2D eigenvalue weighted by molar-refractivity contribution is 6.20. The van der Waals surface area contributed by atoms with E-state index in [1.165, 1.54) is 111 Å². The van der Waals surface area contributed by atoms with Crippen molar-refractivity contribution < 1.29 is 0 Å². The Labute approximate surface area is 404 Å². The molecule has 2 spiro atoms. The molecule has 15 rings (SSSR count). The van der Waals surface area contributed by atoms with Crippen LogP contribution < -0.4 is 0 Å². The zero-order chi connectivity index (χ0) is 45.6. The fraction of sp³-hybridized carbons (Fsp3) is 0.194. The molecule has 2 saturated carbocycles. The summed E-state index contributed by atoms with van der Waals surface area (Å²) in [5.74, 6) is 1.01. The van der Waals surface area contributed by atoms with Crippen LogP contribution in [0.1, 0.15) is 61.3 Å². The summed E-state index contributed by atoms with van der Waals surface area (Å²) in [6.45, 7) is 7.40. The van der Waals surface area contributed by atoms with E-state index in [0.29, 0.717) is 11.8 Å². The predicted molar refractivity (Wildman–Crippen MR) is 289 cm³/mol. The third kappa shape index (κ3) is 4.97. The number of allylic oxidation sites excluding steroid dienone is 16. The molecule has 0 saturated heterocycles. The summed E-state index contributed by atoms with van der Waals surface area (Å²) < 4.78 is 5.18. The first-order valence-electron chi connectivity index (χ1n) is 25.6. The fourth-order valence-electron chi connectivity index (χ4n) is 15.5. The third-order valence-electron chi connectivity index (χ3n) is 17.9. The van der Waals surface area contributed by atoms with Gasteiger partial charge in [0.05, 0.1) is 27.5 Å². The number of nitrogens with zero attached hydrogens (tertiary/aromatic N) is 2. The van der Waals surface area contributed by atoms with Crippen LogP contribution in [0.3, 0.4) is 0 Å². The Morgan fingerprint density at radius 1 is 0.580 bits per heavy atom. The van der Waals surface area contributed by atoms with Gasteiger partial charge in [0.1, 0.15) is 0 Å². The maximum atomic E-state index is 5.26. The summed E-state index contributed by atoms with van der Waals surface area (Å²) in [6.07, 6.45) is 34.2. The highest BCUT2D eigenvalue weighted by atomic mass is 15.0. The highest BCUT2D eigenvalue weighted by Crippen LogP contribution is 2.76. The van der Waals surface area contributed by atoms with Crippen molar-refractivity contribution in [2.24, 2.45) is 29.1 Å². The summed E-state index contributed by atoms with van der Waals surface area (Å²) in [5.41, 5.74) is 21.1. The Morgan fingerprint density at radius 2 is 1.22 bits per heavy atom. The molecule has 6 aromatic carbocycles. The molecule has 2 aromatic heterocycles. The van der Waals surface area contributed by atoms with Crippen LogP contribution in [0.2, 0.25) is 0 Å². The van der Waals surface area contributed by atoms with Gasteiger partial charge >= 0.3 is 0 Å². The standard InChI is InChI=1S/C67H54N2/c1-3-4-22-45-42(2)66(54-29-12-7-24-47(45)54)57-32-15-16-33-58(57)67(55-30-13-8-25-48(55)49-26-9-14-31-56(49)67)60-39-44(37-38-59(60)66)68-62-34-17-10-27-50(62)52-41-65-53(40-64(52)68)51-28-11-18-35-63(51)69(65)61-36-19-21-43-20-5-6-23-46(43)61/h3-6,8-14,17-18,20,22-23,25-41,47,54,59-60H,2,7,15-16,19,21,24H2,1H3/b4-3-,45-22+. The molecule has 8 aromatic rings.